The van der Waals surface area contributed by atoms with Crippen molar-refractivity contribution in [3.8, 4) is 11.1 Å². The largest absolute Gasteiger partial charge is 0.330 e. The third-order valence-corrected chi connectivity index (χ3v) is 5.17. The number of anilines is 1. The van der Waals surface area contributed by atoms with Crippen LogP contribution in [0.5, 0.6) is 0 Å². The van der Waals surface area contributed by atoms with Gasteiger partial charge in [-0.3, -0.25) is 19.7 Å². The molecule has 0 unspecified atom stereocenters. The van der Waals surface area contributed by atoms with E-state index in [-0.39, 0.29) is 16.7 Å². The number of aromatic nitrogens is 1. The lowest BCUT2D eigenvalue weighted by atomic mass is 10.0. The van der Waals surface area contributed by atoms with Gasteiger partial charge in [0, 0.05) is 30.1 Å². The van der Waals surface area contributed by atoms with Gasteiger partial charge >= 0.3 is 0 Å². The van der Waals surface area contributed by atoms with Crippen molar-refractivity contribution in [2.24, 2.45) is 7.05 Å². The Hall–Kier alpha value is -4.26. The molecule has 0 aliphatic rings. The molecule has 0 bridgehead atoms. The minimum atomic E-state index is -0.555. The molecule has 7 heteroatoms. The summed E-state index contributed by atoms with van der Waals surface area (Å²) < 4.78 is 1.75. The van der Waals surface area contributed by atoms with E-state index in [1.807, 2.05) is 37.3 Å². The van der Waals surface area contributed by atoms with Gasteiger partial charge in [-0.2, -0.15) is 0 Å². The van der Waals surface area contributed by atoms with Crippen molar-refractivity contribution in [1.82, 2.24) is 4.57 Å². The summed E-state index contributed by atoms with van der Waals surface area (Å²) in [6, 6.07) is 20.1. The number of nitro benzene ring substituents is 1. The second kappa shape index (κ2) is 7.87. The average molecular weight is 413 g/mol. The number of nitrogens with zero attached hydrogens (tertiary/aromatic N) is 2. The van der Waals surface area contributed by atoms with Crippen molar-refractivity contribution < 1.29 is 9.72 Å². The number of nitro groups is 1. The fraction of sp³-hybridized carbons (Fsp3) is 0.0833. The van der Waals surface area contributed by atoms with Crippen LogP contribution in [0.2, 0.25) is 0 Å². The number of fused-ring (bicyclic) bond motifs is 1. The normalized spacial score (nSPS) is 10.8. The van der Waals surface area contributed by atoms with E-state index >= 15 is 0 Å². The van der Waals surface area contributed by atoms with Crippen LogP contribution in [-0.4, -0.2) is 15.4 Å². The lowest BCUT2D eigenvalue weighted by Crippen LogP contribution is -2.21. The number of carbonyl (C=O) groups excluding carboxylic acids is 1. The minimum absolute atomic E-state index is 0.130. The van der Waals surface area contributed by atoms with Crippen LogP contribution in [0.1, 0.15) is 15.9 Å². The van der Waals surface area contributed by atoms with Crippen LogP contribution in [-0.2, 0) is 7.05 Å². The van der Waals surface area contributed by atoms with Gasteiger partial charge in [-0.05, 0) is 30.7 Å². The zero-order valence-corrected chi connectivity index (χ0v) is 17.0. The molecular weight excluding hydrogens is 394 g/mol. The molecule has 0 spiro atoms. The summed E-state index contributed by atoms with van der Waals surface area (Å²) in [6.45, 7) is 1.93. The van der Waals surface area contributed by atoms with Gasteiger partial charge in [0.1, 0.15) is 5.82 Å². The molecule has 1 amide bonds. The molecule has 0 saturated carbocycles. The predicted molar refractivity (Wildman–Crippen MR) is 120 cm³/mol. The molecule has 7 nitrogen and oxygen atoms in total. The van der Waals surface area contributed by atoms with Gasteiger partial charge in [-0.1, -0.05) is 48.0 Å². The summed E-state index contributed by atoms with van der Waals surface area (Å²) in [4.78, 5) is 36.9. The van der Waals surface area contributed by atoms with Crippen molar-refractivity contribution in [1.29, 1.82) is 0 Å². The Bertz CT molecular complexity index is 1410. The molecular formula is C24H19N3O4. The van der Waals surface area contributed by atoms with Crippen LogP contribution < -0.4 is 10.7 Å². The standard InChI is InChI=1S/C24H19N3O4/c1-15-7-5-8-16(13-15)21-22(28)19-11-3-4-12-20(19)26(2)23(21)25-24(29)17-9-6-10-18(14-17)27(30)31/h3-14H,1-2H3,(H,25,29). The Kier molecular flexibility index (Phi) is 5.09. The van der Waals surface area contributed by atoms with Gasteiger partial charge in [0.2, 0.25) is 0 Å². The molecule has 0 aliphatic heterocycles. The van der Waals surface area contributed by atoms with Gasteiger partial charge in [0.25, 0.3) is 11.6 Å². The lowest BCUT2D eigenvalue weighted by Gasteiger charge is -2.18. The number of non-ortho nitro benzene ring substituents is 1. The highest BCUT2D eigenvalue weighted by molar-refractivity contribution is 6.07. The van der Waals surface area contributed by atoms with E-state index in [0.29, 0.717) is 27.8 Å². The SMILES string of the molecule is Cc1cccc(-c2c(NC(=O)c3cccc([N+](=O)[O-])c3)n(C)c3ccccc3c2=O)c1. The van der Waals surface area contributed by atoms with Gasteiger partial charge < -0.3 is 9.88 Å². The lowest BCUT2D eigenvalue weighted by molar-refractivity contribution is -0.384. The third kappa shape index (κ3) is 3.69. The highest BCUT2D eigenvalue weighted by Crippen LogP contribution is 2.29. The highest BCUT2D eigenvalue weighted by atomic mass is 16.6. The molecule has 31 heavy (non-hydrogen) atoms. The third-order valence-electron chi connectivity index (χ3n) is 5.17. The zero-order chi connectivity index (χ0) is 22.1. The maximum absolute atomic E-state index is 13.4. The highest BCUT2D eigenvalue weighted by Gasteiger charge is 2.20. The number of aryl methyl sites for hydroxylation is 2. The smallest absolute Gasteiger partial charge is 0.270 e. The van der Waals surface area contributed by atoms with E-state index in [4.69, 9.17) is 0 Å². The summed E-state index contributed by atoms with van der Waals surface area (Å²) in [6.07, 6.45) is 0. The maximum Gasteiger partial charge on any atom is 0.270 e. The molecule has 0 saturated heterocycles. The number of para-hydroxylation sites is 1. The van der Waals surface area contributed by atoms with E-state index in [1.165, 1.54) is 24.3 Å². The van der Waals surface area contributed by atoms with Crippen molar-refractivity contribution in [3.05, 3.63) is 104 Å². The predicted octanol–water partition coefficient (Wildman–Crippen LogP) is 4.67. The molecule has 4 aromatic rings. The molecule has 0 fully saturated rings. The van der Waals surface area contributed by atoms with Crippen molar-refractivity contribution in [2.75, 3.05) is 5.32 Å². The number of benzene rings is 3. The van der Waals surface area contributed by atoms with Crippen LogP contribution in [0.4, 0.5) is 11.5 Å². The number of amides is 1. The van der Waals surface area contributed by atoms with Crippen LogP contribution in [0.15, 0.2) is 77.6 Å². The molecule has 1 heterocycles. The summed E-state index contributed by atoms with van der Waals surface area (Å²) >= 11 is 0. The van der Waals surface area contributed by atoms with Crippen LogP contribution in [0, 0.1) is 17.0 Å². The number of carbonyl (C=O) groups is 1. The average Bonchev–Trinajstić information content (AvgIpc) is 2.77. The van der Waals surface area contributed by atoms with E-state index in [9.17, 15) is 19.7 Å². The van der Waals surface area contributed by atoms with Crippen molar-refractivity contribution in [3.63, 3.8) is 0 Å². The number of pyridine rings is 1. The van der Waals surface area contributed by atoms with Crippen molar-refractivity contribution >= 4 is 28.3 Å². The fourth-order valence-electron chi connectivity index (χ4n) is 3.64. The molecule has 0 atom stereocenters. The molecule has 0 radical (unpaired) electrons. The molecule has 1 N–H and O–H groups in total. The van der Waals surface area contributed by atoms with Gasteiger partial charge in [0.05, 0.1) is 16.0 Å². The second-order valence-corrected chi connectivity index (χ2v) is 7.26. The molecule has 154 valence electrons. The Morgan fingerprint density at radius 2 is 1.74 bits per heavy atom. The molecule has 1 aromatic heterocycles. The van der Waals surface area contributed by atoms with Gasteiger partial charge in [0.15, 0.2) is 5.43 Å². The quantitative estimate of drug-likeness (QED) is 0.388. The van der Waals surface area contributed by atoms with Crippen molar-refractivity contribution in [2.45, 2.75) is 6.92 Å². The number of rotatable bonds is 4. The van der Waals surface area contributed by atoms with E-state index < -0.39 is 10.8 Å². The topological polar surface area (TPSA) is 94.2 Å². The van der Waals surface area contributed by atoms with Gasteiger partial charge in [-0.25, -0.2) is 0 Å². The Labute approximate surface area is 177 Å². The number of hydrogen-bond acceptors (Lipinski definition) is 4. The second-order valence-electron chi connectivity index (χ2n) is 7.26. The molecule has 0 aliphatic carbocycles. The van der Waals surface area contributed by atoms with E-state index in [2.05, 4.69) is 5.32 Å². The Morgan fingerprint density at radius 1 is 1.00 bits per heavy atom. The van der Waals surface area contributed by atoms with E-state index in [0.717, 1.165) is 5.56 Å². The summed E-state index contributed by atoms with van der Waals surface area (Å²) in [5.74, 6) is -0.214. The first-order valence-electron chi connectivity index (χ1n) is 9.61. The summed E-state index contributed by atoms with van der Waals surface area (Å²) in [7, 11) is 1.77. The van der Waals surface area contributed by atoms with E-state index in [1.54, 1.807) is 29.8 Å². The first-order chi connectivity index (χ1) is 14.9. The number of hydrogen-bond donors (Lipinski definition) is 1. The molecule has 3 aromatic carbocycles. The summed E-state index contributed by atoms with van der Waals surface area (Å²) in [5, 5.41) is 14.4. The minimum Gasteiger partial charge on any atom is -0.330 e. The summed E-state index contributed by atoms with van der Waals surface area (Å²) in [5.41, 5.74) is 2.43. The fourth-order valence-corrected chi connectivity index (χ4v) is 3.64. The Balaban J connectivity index is 1.92. The van der Waals surface area contributed by atoms with Crippen LogP contribution >= 0.6 is 0 Å². The number of nitrogens with one attached hydrogen (secondary N) is 1. The Morgan fingerprint density at radius 3 is 2.48 bits per heavy atom. The van der Waals surface area contributed by atoms with Crippen LogP contribution in [0.3, 0.4) is 0 Å². The first-order valence-corrected chi connectivity index (χ1v) is 9.61. The maximum atomic E-state index is 13.4. The monoisotopic (exact) mass is 413 g/mol. The van der Waals surface area contributed by atoms with Gasteiger partial charge in [-0.15, -0.1) is 0 Å². The van der Waals surface area contributed by atoms with Crippen LogP contribution in [0.25, 0.3) is 22.0 Å². The molecule has 4 rings (SSSR count). The first kappa shape index (κ1) is 20.0. The zero-order valence-electron chi connectivity index (χ0n) is 17.0.